The number of aryl methyl sites for hydroxylation is 2. The molecular formula is C28H32N2O4S. The number of nitrogens with one attached hydrogen (secondary N) is 1. The van der Waals surface area contributed by atoms with Crippen LogP contribution in [0, 0.1) is 19.8 Å². The van der Waals surface area contributed by atoms with Gasteiger partial charge in [-0.25, -0.2) is 8.42 Å². The van der Waals surface area contributed by atoms with Crippen LogP contribution in [0.3, 0.4) is 0 Å². The van der Waals surface area contributed by atoms with Crippen molar-refractivity contribution < 1.29 is 17.9 Å². The number of hydrogen-bond donors (Lipinski definition) is 1. The molecule has 0 aromatic heterocycles. The van der Waals surface area contributed by atoms with Gasteiger partial charge in [0.15, 0.2) is 0 Å². The standard InChI is InChI=1S/C28H32N2O4S/c1-21-11-12-27(22(2)17-21)35(32,33)30-15-13-25(14-16-30)28(31)29-19-23-7-6-8-24(18-23)20-34-26-9-4-3-5-10-26/h3-12,17-18,25H,13-16,19-20H2,1-2H3,(H,29,31). The zero-order chi connectivity index (χ0) is 24.8. The van der Waals surface area contributed by atoms with Crippen molar-refractivity contribution >= 4 is 15.9 Å². The molecular weight excluding hydrogens is 460 g/mol. The molecule has 1 saturated heterocycles. The number of carbonyl (C=O) groups excluding carboxylic acids is 1. The van der Waals surface area contributed by atoms with Gasteiger partial charge in [0.1, 0.15) is 12.4 Å². The molecule has 3 aromatic rings. The van der Waals surface area contributed by atoms with E-state index in [1.807, 2.05) is 80.6 Å². The molecule has 1 N–H and O–H groups in total. The smallest absolute Gasteiger partial charge is 0.243 e. The molecule has 0 unspecified atom stereocenters. The summed E-state index contributed by atoms with van der Waals surface area (Å²) in [6.07, 6.45) is 1.03. The van der Waals surface area contributed by atoms with E-state index in [4.69, 9.17) is 4.74 Å². The van der Waals surface area contributed by atoms with E-state index >= 15 is 0 Å². The lowest BCUT2D eigenvalue weighted by atomic mass is 9.97. The molecule has 0 atom stereocenters. The lowest BCUT2D eigenvalue weighted by molar-refractivity contribution is -0.126. The highest BCUT2D eigenvalue weighted by Gasteiger charge is 2.32. The van der Waals surface area contributed by atoms with E-state index < -0.39 is 10.0 Å². The normalized spacial score (nSPS) is 15.0. The molecule has 3 aromatic carbocycles. The molecule has 1 amide bonds. The number of benzene rings is 3. The molecule has 1 heterocycles. The van der Waals surface area contributed by atoms with Gasteiger partial charge in [0.05, 0.1) is 4.90 Å². The maximum absolute atomic E-state index is 13.1. The zero-order valence-corrected chi connectivity index (χ0v) is 21.1. The lowest BCUT2D eigenvalue weighted by Crippen LogP contribution is -2.43. The Morgan fingerprint density at radius 2 is 1.66 bits per heavy atom. The second-order valence-electron chi connectivity index (χ2n) is 9.09. The van der Waals surface area contributed by atoms with Crippen molar-refractivity contribution in [3.05, 3.63) is 95.1 Å². The maximum atomic E-state index is 13.1. The molecule has 0 radical (unpaired) electrons. The predicted octanol–water partition coefficient (Wildman–Crippen LogP) is 4.60. The summed E-state index contributed by atoms with van der Waals surface area (Å²) in [7, 11) is -3.55. The summed E-state index contributed by atoms with van der Waals surface area (Å²) in [6, 6.07) is 23.0. The van der Waals surface area contributed by atoms with Gasteiger partial charge in [0, 0.05) is 25.6 Å². The third kappa shape index (κ3) is 6.29. The molecule has 7 heteroatoms. The van der Waals surface area contributed by atoms with E-state index in [-0.39, 0.29) is 11.8 Å². The molecule has 0 bridgehead atoms. The average Bonchev–Trinajstić information content (AvgIpc) is 2.87. The van der Waals surface area contributed by atoms with Crippen molar-refractivity contribution in [2.75, 3.05) is 13.1 Å². The minimum Gasteiger partial charge on any atom is -0.489 e. The van der Waals surface area contributed by atoms with E-state index in [0.29, 0.717) is 44.0 Å². The number of nitrogens with zero attached hydrogens (tertiary/aromatic N) is 1. The van der Waals surface area contributed by atoms with E-state index in [1.165, 1.54) is 4.31 Å². The number of sulfonamides is 1. The van der Waals surface area contributed by atoms with Crippen molar-refractivity contribution in [3.8, 4) is 5.75 Å². The fourth-order valence-electron chi connectivity index (χ4n) is 4.43. The monoisotopic (exact) mass is 492 g/mol. The van der Waals surface area contributed by atoms with Crippen LogP contribution in [0.25, 0.3) is 0 Å². The van der Waals surface area contributed by atoms with E-state index in [9.17, 15) is 13.2 Å². The number of ether oxygens (including phenoxy) is 1. The Balaban J connectivity index is 1.28. The minimum absolute atomic E-state index is 0.0282. The van der Waals surface area contributed by atoms with Crippen molar-refractivity contribution in [3.63, 3.8) is 0 Å². The summed E-state index contributed by atoms with van der Waals surface area (Å²) < 4.78 is 33.5. The second kappa shape index (κ2) is 11.1. The fourth-order valence-corrected chi connectivity index (χ4v) is 6.11. The molecule has 35 heavy (non-hydrogen) atoms. The predicted molar refractivity (Wildman–Crippen MR) is 136 cm³/mol. The van der Waals surface area contributed by atoms with Gasteiger partial charge < -0.3 is 10.1 Å². The highest BCUT2D eigenvalue weighted by atomic mass is 32.2. The van der Waals surface area contributed by atoms with Crippen LogP contribution >= 0.6 is 0 Å². The number of carbonyl (C=O) groups is 1. The van der Waals surface area contributed by atoms with Gasteiger partial charge in [0.25, 0.3) is 0 Å². The van der Waals surface area contributed by atoms with Crippen LogP contribution in [0.1, 0.15) is 35.1 Å². The maximum Gasteiger partial charge on any atom is 0.243 e. The summed E-state index contributed by atoms with van der Waals surface area (Å²) in [5, 5.41) is 3.02. The first-order valence-corrected chi connectivity index (χ1v) is 13.4. The fraction of sp³-hybridized carbons (Fsp3) is 0.321. The van der Waals surface area contributed by atoms with Gasteiger partial charge in [-0.05, 0) is 61.6 Å². The van der Waals surface area contributed by atoms with E-state index in [2.05, 4.69) is 5.32 Å². The Hall–Kier alpha value is -3.16. The highest BCUT2D eigenvalue weighted by Crippen LogP contribution is 2.26. The van der Waals surface area contributed by atoms with Crippen LogP contribution in [0.4, 0.5) is 0 Å². The molecule has 0 aliphatic carbocycles. The number of amides is 1. The van der Waals surface area contributed by atoms with Gasteiger partial charge in [0.2, 0.25) is 15.9 Å². The van der Waals surface area contributed by atoms with Crippen LogP contribution in [-0.2, 0) is 28.0 Å². The molecule has 0 spiro atoms. The van der Waals surface area contributed by atoms with Crippen LogP contribution in [0.15, 0.2) is 77.7 Å². The summed E-state index contributed by atoms with van der Waals surface area (Å²) in [5.74, 6) is 0.599. The summed E-state index contributed by atoms with van der Waals surface area (Å²) in [6.45, 7) is 5.35. The van der Waals surface area contributed by atoms with Gasteiger partial charge in [-0.1, -0.05) is 60.2 Å². The number of para-hydroxylation sites is 1. The number of hydrogen-bond acceptors (Lipinski definition) is 4. The third-order valence-corrected chi connectivity index (χ3v) is 8.44. The molecule has 1 aliphatic heterocycles. The quantitative estimate of drug-likeness (QED) is 0.499. The number of piperidine rings is 1. The molecule has 1 aliphatic rings. The van der Waals surface area contributed by atoms with Crippen LogP contribution in [0.5, 0.6) is 5.75 Å². The minimum atomic E-state index is -3.55. The average molecular weight is 493 g/mol. The largest absolute Gasteiger partial charge is 0.489 e. The topological polar surface area (TPSA) is 75.7 Å². The Labute approximate surface area is 208 Å². The van der Waals surface area contributed by atoms with Gasteiger partial charge in [-0.3, -0.25) is 4.79 Å². The molecule has 184 valence electrons. The van der Waals surface area contributed by atoms with Crippen molar-refractivity contribution in [1.82, 2.24) is 9.62 Å². The van der Waals surface area contributed by atoms with Gasteiger partial charge in [-0.2, -0.15) is 4.31 Å². The lowest BCUT2D eigenvalue weighted by Gasteiger charge is -2.31. The Morgan fingerprint density at radius 1 is 0.943 bits per heavy atom. The SMILES string of the molecule is Cc1ccc(S(=O)(=O)N2CCC(C(=O)NCc3cccc(COc4ccccc4)c3)CC2)c(C)c1. The first kappa shape index (κ1) is 24.9. The summed E-state index contributed by atoms with van der Waals surface area (Å²) in [5.41, 5.74) is 3.82. The van der Waals surface area contributed by atoms with Gasteiger partial charge >= 0.3 is 0 Å². The van der Waals surface area contributed by atoms with Crippen molar-refractivity contribution in [2.24, 2.45) is 5.92 Å². The Kier molecular flexibility index (Phi) is 7.88. The van der Waals surface area contributed by atoms with Crippen LogP contribution in [-0.4, -0.2) is 31.7 Å². The molecule has 4 rings (SSSR count). The van der Waals surface area contributed by atoms with Crippen LogP contribution in [0.2, 0.25) is 0 Å². The van der Waals surface area contributed by atoms with Crippen molar-refractivity contribution in [2.45, 2.75) is 44.7 Å². The summed E-state index contributed by atoms with van der Waals surface area (Å²) in [4.78, 5) is 13.1. The third-order valence-electron chi connectivity index (χ3n) is 6.38. The molecule has 1 fully saturated rings. The Bertz CT molecular complexity index is 1270. The van der Waals surface area contributed by atoms with E-state index in [1.54, 1.807) is 6.07 Å². The van der Waals surface area contributed by atoms with Gasteiger partial charge in [-0.15, -0.1) is 0 Å². The van der Waals surface area contributed by atoms with Crippen LogP contribution < -0.4 is 10.1 Å². The van der Waals surface area contributed by atoms with E-state index in [0.717, 1.165) is 28.0 Å². The Morgan fingerprint density at radius 3 is 2.37 bits per heavy atom. The molecule has 0 saturated carbocycles. The summed E-state index contributed by atoms with van der Waals surface area (Å²) >= 11 is 0. The zero-order valence-electron chi connectivity index (χ0n) is 20.2. The second-order valence-corrected chi connectivity index (χ2v) is 11.0. The first-order chi connectivity index (χ1) is 16.8. The first-order valence-electron chi connectivity index (χ1n) is 11.9. The number of rotatable bonds is 8. The van der Waals surface area contributed by atoms with Crippen molar-refractivity contribution in [1.29, 1.82) is 0 Å². The highest BCUT2D eigenvalue weighted by molar-refractivity contribution is 7.89. The molecule has 6 nitrogen and oxygen atoms in total.